The summed E-state index contributed by atoms with van der Waals surface area (Å²) in [5.41, 5.74) is 0. The van der Waals surface area contributed by atoms with Gasteiger partial charge in [0.2, 0.25) is 0 Å². The molecule has 0 saturated heterocycles. The van der Waals surface area contributed by atoms with Gasteiger partial charge in [0, 0.05) is 13.0 Å². The van der Waals surface area contributed by atoms with Crippen LogP contribution in [0.25, 0.3) is 0 Å². The predicted molar refractivity (Wildman–Crippen MR) is 224 cm³/mol. The number of ether oxygens (including phenoxy) is 2. The fourth-order valence-electron chi connectivity index (χ4n) is 6.61. The Morgan fingerprint density at radius 1 is 0.509 bits per heavy atom. The van der Waals surface area contributed by atoms with Crippen LogP contribution < -0.4 is 0 Å². The predicted octanol–water partition coefficient (Wildman–Crippen LogP) is 13.3. The molecule has 0 aliphatic carbocycles. The zero-order chi connectivity index (χ0) is 39.1. The number of carbonyl (C=O) groups is 1. The standard InChI is InChI=1S/C44H90NO7P/c1-6-8-10-12-14-15-16-17-18-19-20-21-22-23-24-25-26-27-28-29-30-31-32-34-36-39-49-41-43(52-44(46)37-35-33-13-11-9-7-2)42-51-53(47,48)50-40-38-45(3,4)5/h43H,6-42H2,1-5H3/p+1. The molecule has 0 spiro atoms. The summed E-state index contributed by atoms with van der Waals surface area (Å²) in [4.78, 5) is 22.6. The van der Waals surface area contributed by atoms with Gasteiger partial charge < -0.3 is 18.9 Å². The number of esters is 1. The molecule has 53 heavy (non-hydrogen) atoms. The van der Waals surface area contributed by atoms with E-state index in [1.807, 2.05) is 21.1 Å². The Bertz CT molecular complexity index is 822. The molecule has 0 radical (unpaired) electrons. The van der Waals surface area contributed by atoms with Crippen molar-refractivity contribution < 1.29 is 37.3 Å². The van der Waals surface area contributed by atoms with Gasteiger partial charge in [-0.3, -0.25) is 13.8 Å². The van der Waals surface area contributed by atoms with Gasteiger partial charge in [-0.1, -0.05) is 200 Å². The Morgan fingerprint density at radius 3 is 1.25 bits per heavy atom. The van der Waals surface area contributed by atoms with Crippen LogP contribution in [0.2, 0.25) is 0 Å². The normalized spacial score (nSPS) is 13.7. The third-order valence-corrected chi connectivity index (χ3v) is 11.2. The SMILES string of the molecule is CCCCCCCCCCCCCCCCCCCCCCCCCCCOCC(COP(=O)(O)OCC[N+](C)(C)C)OC(=O)CCCCCCCC. The minimum atomic E-state index is -4.26. The lowest BCUT2D eigenvalue weighted by atomic mass is 10.0. The molecule has 0 saturated carbocycles. The van der Waals surface area contributed by atoms with Crippen LogP contribution in [0, 0.1) is 0 Å². The van der Waals surface area contributed by atoms with E-state index in [2.05, 4.69) is 13.8 Å². The molecule has 0 aromatic carbocycles. The second-order valence-electron chi connectivity index (χ2n) is 16.8. The summed E-state index contributed by atoms with van der Waals surface area (Å²) >= 11 is 0. The first-order valence-electron chi connectivity index (χ1n) is 22.8. The number of unbranched alkanes of at least 4 members (excludes halogenated alkanes) is 29. The van der Waals surface area contributed by atoms with Crippen molar-refractivity contribution in [3.63, 3.8) is 0 Å². The van der Waals surface area contributed by atoms with Gasteiger partial charge in [0.05, 0.1) is 34.4 Å². The van der Waals surface area contributed by atoms with E-state index >= 15 is 0 Å². The van der Waals surface area contributed by atoms with Gasteiger partial charge in [-0.25, -0.2) is 4.57 Å². The summed E-state index contributed by atoms with van der Waals surface area (Å²) in [5.74, 6) is -0.318. The van der Waals surface area contributed by atoms with Crippen LogP contribution in [0.5, 0.6) is 0 Å². The van der Waals surface area contributed by atoms with Gasteiger partial charge in [-0.05, 0) is 12.8 Å². The Morgan fingerprint density at radius 2 is 0.868 bits per heavy atom. The van der Waals surface area contributed by atoms with Crippen LogP contribution in [0.4, 0.5) is 0 Å². The molecule has 0 aromatic heterocycles. The van der Waals surface area contributed by atoms with Gasteiger partial charge >= 0.3 is 13.8 Å². The van der Waals surface area contributed by atoms with Crippen LogP contribution in [0.15, 0.2) is 0 Å². The quantitative estimate of drug-likeness (QED) is 0.0285. The Kier molecular flexibility index (Phi) is 38.0. The largest absolute Gasteiger partial charge is 0.472 e. The smallest absolute Gasteiger partial charge is 0.457 e. The molecule has 0 rings (SSSR count). The average molecular weight is 777 g/mol. The highest BCUT2D eigenvalue weighted by atomic mass is 31.2. The number of phosphoric ester groups is 1. The van der Waals surface area contributed by atoms with Crippen molar-refractivity contribution in [2.75, 3.05) is 54.1 Å². The van der Waals surface area contributed by atoms with Gasteiger partial charge in [-0.2, -0.15) is 0 Å². The summed E-state index contributed by atoms with van der Waals surface area (Å²) in [6.45, 7) is 5.61. The van der Waals surface area contributed by atoms with Gasteiger partial charge in [0.1, 0.15) is 19.3 Å². The number of phosphoric acid groups is 1. The molecular weight excluding hydrogens is 685 g/mol. The third-order valence-electron chi connectivity index (χ3n) is 10.2. The maximum Gasteiger partial charge on any atom is 0.472 e. The van der Waals surface area contributed by atoms with E-state index in [0.29, 0.717) is 24.1 Å². The molecule has 0 heterocycles. The molecule has 0 aliphatic rings. The van der Waals surface area contributed by atoms with E-state index in [0.717, 1.165) is 32.1 Å². The minimum Gasteiger partial charge on any atom is -0.457 e. The number of rotatable bonds is 43. The summed E-state index contributed by atoms with van der Waals surface area (Å²) in [5, 5.41) is 0. The molecule has 318 valence electrons. The number of carbonyl (C=O) groups excluding carboxylic acids is 1. The fraction of sp³-hybridized carbons (Fsp3) is 0.977. The fourth-order valence-corrected chi connectivity index (χ4v) is 7.35. The van der Waals surface area contributed by atoms with E-state index in [4.69, 9.17) is 18.5 Å². The van der Waals surface area contributed by atoms with Crippen molar-refractivity contribution in [1.82, 2.24) is 0 Å². The van der Waals surface area contributed by atoms with Crippen LogP contribution in [0.3, 0.4) is 0 Å². The second kappa shape index (κ2) is 38.4. The number of hydrogen-bond donors (Lipinski definition) is 1. The lowest BCUT2D eigenvalue weighted by Crippen LogP contribution is -2.37. The molecular formula is C44H91NO7P+. The Balaban J connectivity index is 3.85. The number of hydrogen-bond acceptors (Lipinski definition) is 6. The first-order valence-corrected chi connectivity index (χ1v) is 24.3. The topological polar surface area (TPSA) is 91.3 Å². The monoisotopic (exact) mass is 777 g/mol. The highest BCUT2D eigenvalue weighted by molar-refractivity contribution is 7.47. The van der Waals surface area contributed by atoms with Gasteiger partial charge in [0.15, 0.2) is 0 Å². The summed E-state index contributed by atoms with van der Waals surface area (Å²) in [6, 6.07) is 0. The van der Waals surface area contributed by atoms with E-state index in [-0.39, 0.29) is 25.8 Å². The maximum atomic E-state index is 12.5. The number of nitrogens with zero attached hydrogens (tertiary/aromatic N) is 1. The second-order valence-corrected chi connectivity index (χ2v) is 18.3. The van der Waals surface area contributed by atoms with Gasteiger partial charge in [0.25, 0.3) is 0 Å². The molecule has 0 aromatic rings. The molecule has 2 atom stereocenters. The van der Waals surface area contributed by atoms with Crippen LogP contribution in [0.1, 0.15) is 219 Å². The lowest BCUT2D eigenvalue weighted by molar-refractivity contribution is -0.870. The van der Waals surface area contributed by atoms with Crippen LogP contribution >= 0.6 is 7.82 Å². The maximum absolute atomic E-state index is 12.5. The van der Waals surface area contributed by atoms with Crippen molar-refractivity contribution in [2.45, 2.75) is 225 Å². The first kappa shape index (κ1) is 52.5. The van der Waals surface area contributed by atoms with E-state index in [1.165, 1.54) is 167 Å². The average Bonchev–Trinajstić information content (AvgIpc) is 3.11. The first-order chi connectivity index (χ1) is 25.6. The highest BCUT2D eigenvalue weighted by Crippen LogP contribution is 2.43. The molecule has 0 fully saturated rings. The van der Waals surface area contributed by atoms with Crippen LogP contribution in [-0.4, -0.2) is 75.6 Å². The zero-order valence-electron chi connectivity index (χ0n) is 36.0. The minimum absolute atomic E-state index is 0.0931. The van der Waals surface area contributed by atoms with Crippen LogP contribution in [-0.2, 0) is 27.9 Å². The zero-order valence-corrected chi connectivity index (χ0v) is 36.9. The molecule has 0 amide bonds. The van der Waals surface area contributed by atoms with Crippen molar-refractivity contribution in [1.29, 1.82) is 0 Å². The molecule has 0 aliphatic heterocycles. The summed E-state index contributed by atoms with van der Waals surface area (Å²) in [7, 11) is 1.68. The molecule has 9 heteroatoms. The van der Waals surface area contributed by atoms with E-state index in [9.17, 15) is 14.3 Å². The third kappa shape index (κ3) is 42.5. The molecule has 2 unspecified atom stereocenters. The van der Waals surface area contributed by atoms with Crippen molar-refractivity contribution in [2.24, 2.45) is 0 Å². The van der Waals surface area contributed by atoms with Crippen molar-refractivity contribution in [3.05, 3.63) is 0 Å². The van der Waals surface area contributed by atoms with Crippen molar-refractivity contribution >= 4 is 13.8 Å². The molecule has 0 bridgehead atoms. The van der Waals surface area contributed by atoms with E-state index < -0.39 is 13.9 Å². The number of quaternary nitrogens is 1. The number of likely N-dealkylation sites (N-methyl/N-ethyl adjacent to an activating group) is 1. The Hall–Kier alpha value is -0.500. The van der Waals surface area contributed by atoms with Crippen molar-refractivity contribution in [3.8, 4) is 0 Å². The lowest BCUT2D eigenvalue weighted by Gasteiger charge is -2.24. The summed E-state index contributed by atoms with van der Waals surface area (Å²) in [6.07, 6.45) is 40.4. The van der Waals surface area contributed by atoms with Gasteiger partial charge in [-0.15, -0.1) is 0 Å². The summed E-state index contributed by atoms with van der Waals surface area (Å²) < 4.78 is 34.8. The van der Waals surface area contributed by atoms with E-state index in [1.54, 1.807) is 0 Å². The molecule has 8 nitrogen and oxygen atoms in total. The highest BCUT2D eigenvalue weighted by Gasteiger charge is 2.26. The molecule has 1 N–H and O–H groups in total. The Labute approximate surface area is 329 Å².